The Kier molecular flexibility index (Phi) is 8.06. The first-order valence-corrected chi connectivity index (χ1v) is 8.42. The molecule has 5 nitrogen and oxygen atoms in total. The number of hydrogen-bond donors (Lipinski definition) is 2. The fraction of sp³-hybridized carbons (Fsp3) is 0.733. The van der Waals surface area contributed by atoms with Crippen LogP contribution in [0.1, 0.15) is 48.2 Å². The molecule has 0 unspecified atom stereocenters. The SMILES string of the molecule is CN=C(NCc1nc(C(C)C)c(C)s1)N1CCC(O)CC1.I. The van der Waals surface area contributed by atoms with Crippen LogP contribution in [-0.2, 0) is 6.54 Å². The maximum atomic E-state index is 9.58. The fourth-order valence-corrected chi connectivity index (χ4v) is 3.67. The zero-order valence-electron chi connectivity index (χ0n) is 13.8. The van der Waals surface area contributed by atoms with Crippen LogP contribution < -0.4 is 5.32 Å². The number of hydrogen-bond acceptors (Lipinski definition) is 4. The van der Waals surface area contributed by atoms with Gasteiger partial charge in [-0.3, -0.25) is 4.99 Å². The highest BCUT2D eigenvalue weighted by molar-refractivity contribution is 14.0. The molecule has 1 fully saturated rings. The van der Waals surface area contributed by atoms with Crippen LogP contribution in [0.25, 0.3) is 0 Å². The van der Waals surface area contributed by atoms with Gasteiger partial charge in [0.25, 0.3) is 0 Å². The molecule has 2 rings (SSSR count). The number of aliphatic hydroxyl groups excluding tert-OH is 1. The third-order valence-electron chi connectivity index (χ3n) is 3.80. The van der Waals surface area contributed by atoms with Crippen LogP contribution >= 0.6 is 35.3 Å². The van der Waals surface area contributed by atoms with Crippen LogP contribution in [0.3, 0.4) is 0 Å². The second-order valence-electron chi connectivity index (χ2n) is 5.82. The molecule has 7 heteroatoms. The van der Waals surface area contributed by atoms with E-state index in [-0.39, 0.29) is 30.1 Å². The summed E-state index contributed by atoms with van der Waals surface area (Å²) in [5.41, 5.74) is 1.20. The topological polar surface area (TPSA) is 60.8 Å². The molecule has 1 aliphatic heterocycles. The number of nitrogens with zero attached hydrogens (tertiary/aromatic N) is 3. The first-order valence-electron chi connectivity index (χ1n) is 7.61. The average Bonchev–Trinajstić information content (AvgIpc) is 2.82. The maximum Gasteiger partial charge on any atom is 0.193 e. The van der Waals surface area contributed by atoms with Crippen molar-refractivity contribution >= 4 is 41.3 Å². The minimum Gasteiger partial charge on any atom is -0.393 e. The van der Waals surface area contributed by atoms with E-state index in [1.807, 2.05) is 0 Å². The van der Waals surface area contributed by atoms with Crippen molar-refractivity contribution in [2.45, 2.75) is 52.2 Å². The number of thiazole rings is 1. The first-order chi connectivity index (χ1) is 10.0. The van der Waals surface area contributed by atoms with Crippen LogP contribution in [0, 0.1) is 6.92 Å². The summed E-state index contributed by atoms with van der Waals surface area (Å²) in [6, 6.07) is 0. The largest absolute Gasteiger partial charge is 0.393 e. The minimum atomic E-state index is -0.158. The second kappa shape index (κ2) is 9.02. The Morgan fingerprint density at radius 3 is 2.59 bits per heavy atom. The Morgan fingerprint density at radius 1 is 1.45 bits per heavy atom. The van der Waals surface area contributed by atoms with Gasteiger partial charge in [0, 0.05) is 25.0 Å². The minimum absolute atomic E-state index is 0. The molecule has 0 bridgehead atoms. The molecule has 0 aliphatic carbocycles. The van der Waals surface area contributed by atoms with Gasteiger partial charge in [0.15, 0.2) is 5.96 Å². The van der Waals surface area contributed by atoms with Crippen molar-refractivity contribution in [2.75, 3.05) is 20.1 Å². The van der Waals surface area contributed by atoms with Crippen molar-refractivity contribution < 1.29 is 5.11 Å². The Bertz CT molecular complexity index is 496. The Morgan fingerprint density at radius 2 is 2.09 bits per heavy atom. The number of aryl methyl sites for hydroxylation is 1. The smallest absolute Gasteiger partial charge is 0.193 e. The monoisotopic (exact) mass is 438 g/mol. The summed E-state index contributed by atoms with van der Waals surface area (Å²) < 4.78 is 0. The summed E-state index contributed by atoms with van der Waals surface area (Å²) in [6.45, 7) is 8.92. The van der Waals surface area contributed by atoms with E-state index in [1.165, 1.54) is 10.6 Å². The summed E-state index contributed by atoms with van der Waals surface area (Å²) in [5.74, 6) is 1.37. The predicted octanol–water partition coefficient (Wildman–Crippen LogP) is 2.73. The molecule has 2 heterocycles. The van der Waals surface area contributed by atoms with Gasteiger partial charge in [-0.15, -0.1) is 35.3 Å². The number of aromatic nitrogens is 1. The first kappa shape index (κ1) is 19.6. The van der Waals surface area contributed by atoms with Gasteiger partial charge in [-0.1, -0.05) is 13.8 Å². The van der Waals surface area contributed by atoms with Crippen molar-refractivity contribution in [3.63, 3.8) is 0 Å². The lowest BCUT2D eigenvalue weighted by atomic mass is 10.1. The predicted molar refractivity (Wildman–Crippen MR) is 103 cm³/mol. The number of piperidine rings is 1. The molecule has 22 heavy (non-hydrogen) atoms. The van der Waals surface area contributed by atoms with Crippen molar-refractivity contribution in [3.05, 3.63) is 15.6 Å². The third-order valence-corrected chi connectivity index (χ3v) is 4.78. The van der Waals surface area contributed by atoms with Gasteiger partial charge in [-0.25, -0.2) is 4.98 Å². The summed E-state index contributed by atoms with van der Waals surface area (Å²) in [6.07, 6.45) is 1.47. The van der Waals surface area contributed by atoms with Crippen LogP contribution in [0.2, 0.25) is 0 Å². The normalized spacial score (nSPS) is 16.8. The van der Waals surface area contributed by atoms with Gasteiger partial charge < -0.3 is 15.3 Å². The van der Waals surface area contributed by atoms with Crippen molar-refractivity contribution in [1.29, 1.82) is 0 Å². The molecule has 1 aliphatic rings. The number of guanidine groups is 1. The molecule has 1 aromatic heterocycles. The summed E-state index contributed by atoms with van der Waals surface area (Å²) in [4.78, 5) is 12.6. The van der Waals surface area contributed by atoms with Crippen LogP contribution in [0.15, 0.2) is 4.99 Å². The van der Waals surface area contributed by atoms with Crippen molar-refractivity contribution in [3.8, 4) is 0 Å². The molecule has 0 saturated carbocycles. The molecule has 0 aromatic carbocycles. The molecule has 2 N–H and O–H groups in total. The van der Waals surface area contributed by atoms with Crippen molar-refractivity contribution in [1.82, 2.24) is 15.2 Å². The van der Waals surface area contributed by atoms with Crippen LogP contribution in [0.4, 0.5) is 0 Å². The quantitative estimate of drug-likeness (QED) is 0.433. The molecule has 1 aromatic rings. The van der Waals surface area contributed by atoms with E-state index >= 15 is 0 Å². The highest BCUT2D eigenvalue weighted by Gasteiger charge is 2.20. The van der Waals surface area contributed by atoms with Gasteiger partial charge in [-0.05, 0) is 25.7 Å². The van der Waals surface area contributed by atoms with Gasteiger partial charge in [0.1, 0.15) is 5.01 Å². The lowest BCUT2D eigenvalue weighted by Gasteiger charge is -2.32. The number of nitrogens with one attached hydrogen (secondary N) is 1. The zero-order chi connectivity index (χ0) is 15.4. The van der Waals surface area contributed by atoms with Crippen LogP contribution in [0.5, 0.6) is 0 Å². The fourth-order valence-electron chi connectivity index (χ4n) is 2.64. The number of aliphatic imine (C=N–C) groups is 1. The summed E-state index contributed by atoms with van der Waals surface area (Å²) in [5, 5.41) is 14.1. The van der Waals surface area contributed by atoms with Gasteiger partial charge >= 0.3 is 0 Å². The molecule has 0 spiro atoms. The highest BCUT2D eigenvalue weighted by Crippen LogP contribution is 2.24. The van der Waals surface area contributed by atoms with E-state index in [0.29, 0.717) is 12.5 Å². The van der Waals surface area contributed by atoms with Crippen molar-refractivity contribution in [2.24, 2.45) is 4.99 Å². The van der Waals surface area contributed by atoms with Gasteiger partial charge in [0.2, 0.25) is 0 Å². The lowest BCUT2D eigenvalue weighted by Crippen LogP contribution is -2.46. The molecular formula is C15H27IN4OS. The van der Waals surface area contributed by atoms with E-state index in [2.05, 4.69) is 36.0 Å². The lowest BCUT2D eigenvalue weighted by molar-refractivity contribution is 0.108. The van der Waals surface area contributed by atoms with E-state index in [9.17, 15) is 5.11 Å². The standard InChI is InChI=1S/C15H26N4OS.HI/c1-10(2)14-11(3)21-13(18-14)9-17-15(16-4)19-7-5-12(20)6-8-19;/h10,12,20H,5-9H2,1-4H3,(H,16,17);1H. The van der Waals surface area contributed by atoms with E-state index in [1.54, 1.807) is 18.4 Å². The number of halogens is 1. The number of rotatable bonds is 3. The molecule has 1 saturated heterocycles. The third kappa shape index (κ3) is 5.06. The second-order valence-corrected chi connectivity index (χ2v) is 7.11. The van der Waals surface area contributed by atoms with E-state index in [0.717, 1.165) is 36.9 Å². The van der Waals surface area contributed by atoms with Crippen LogP contribution in [-0.4, -0.2) is 47.2 Å². The molecule has 0 radical (unpaired) electrons. The summed E-state index contributed by atoms with van der Waals surface area (Å²) >= 11 is 1.76. The Balaban J connectivity index is 0.00000242. The number of likely N-dealkylation sites (tertiary alicyclic amines) is 1. The Labute approximate surface area is 154 Å². The Hall–Kier alpha value is -0.410. The molecule has 0 atom stereocenters. The molecule has 0 amide bonds. The molecular weight excluding hydrogens is 411 g/mol. The highest BCUT2D eigenvalue weighted by atomic mass is 127. The zero-order valence-corrected chi connectivity index (χ0v) is 16.9. The van der Waals surface area contributed by atoms with Gasteiger partial charge in [-0.2, -0.15) is 0 Å². The van der Waals surface area contributed by atoms with E-state index < -0.39 is 0 Å². The molecule has 126 valence electrons. The van der Waals surface area contributed by atoms with Gasteiger partial charge in [0.05, 0.1) is 18.3 Å². The maximum absolute atomic E-state index is 9.58. The van der Waals surface area contributed by atoms with E-state index in [4.69, 9.17) is 4.98 Å². The summed E-state index contributed by atoms with van der Waals surface area (Å²) in [7, 11) is 1.81. The number of aliphatic hydroxyl groups is 1. The average molecular weight is 438 g/mol.